The quantitative estimate of drug-likeness (QED) is 0.719. The molecule has 0 aromatic carbocycles. The van der Waals surface area contributed by atoms with Crippen molar-refractivity contribution in [3.05, 3.63) is 0 Å². The van der Waals surface area contributed by atoms with E-state index in [1.807, 2.05) is 0 Å². The molecule has 1 atom stereocenters. The van der Waals surface area contributed by atoms with Gasteiger partial charge in [-0.15, -0.1) is 0 Å². The van der Waals surface area contributed by atoms with Gasteiger partial charge < -0.3 is 9.42 Å². The molecule has 0 amide bonds. The molecule has 0 spiro atoms. The lowest BCUT2D eigenvalue weighted by atomic mass is 9.91. The van der Waals surface area contributed by atoms with Crippen molar-refractivity contribution in [3.8, 4) is 0 Å². The molecular formula is C9H19O3P. The van der Waals surface area contributed by atoms with Crippen molar-refractivity contribution in [1.82, 2.24) is 0 Å². The zero-order valence-electron chi connectivity index (χ0n) is 8.24. The first-order valence-electron chi connectivity index (χ1n) is 5.10. The molecule has 1 aliphatic carbocycles. The summed E-state index contributed by atoms with van der Waals surface area (Å²) in [6.45, 7) is 2.09. The highest BCUT2D eigenvalue weighted by atomic mass is 31.2. The van der Waals surface area contributed by atoms with Gasteiger partial charge in [0.05, 0.1) is 12.8 Å². The molecule has 0 aromatic rings. The predicted octanol–water partition coefficient (Wildman–Crippen LogP) is 2.79. The minimum atomic E-state index is -3.26. The van der Waals surface area contributed by atoms with Crippen LogP contribution in [0.15, 0.2) is 0 Å². The van der Waals surface area contributed by atoms with Crippen LogP contribution in [0, 0.1) is 5.92 Å². The number of rotatable bonds is 4. The maximum atomic E-state index is 11.4. The molecule has 1 N–H and O–H groups in total. The molecule has 1 aliphatic rings. The number of hydrogen-bond donors (Lipinski definition) is 1. The molecule has 13 heavy (non-hydrogen) atoms. The first kappa shape index (κ1) is 11.2. The fourth-order valence-corrected chi connectivity index (χ4v) is 3.48. The van der Waals surface area contributed by atoms with E-state index in [1.165, 1.54) is 19.3 Å². The van der Waals surface area contributed by atoms with Gasteiger partial charge in [0.2, 0.25) is 0 Å². The topological polar surface area (TPSA) is 46.5 Å². The highest BCUT2D eigenvalue weighted by molar-refractivity contribution is 7.52. The van der Waals surface area contributed by atoms with E-state index in [-0.39, 0.29) is 0 Å². The Bertz CT molecular complexity index is 187. The monoisotopic (exact) mass is 206 g/mol. The van der Waals surface area contributed by atoms with E-state index in [1.54, 1.807) is 6.92 Å². The van der Waals surface area contributed by atoms with Crippen LogP contribution in [0.1, 0.15) is 39.0 Å². The Morgan fingerprint density at radius 2 is 2.00 bits per heavy atom. The molecule has 0 aliphatic heterocycles. The second-order valence-electron chi connectivity index (χ2n) is 3.74. The molecule has 0 saturated heterocycles. The van der Waals surface area contributed by atoms with Gasteiger partial charge in [0.1, 0.15) is 0 Å². The molecule has 4 heteroatoms. The fraction of sp³-hybridized carbons (Fsp3) is 1.00. The van der Waals surface area contributed by atoms with Gasteiger partial charge >= 0.3 is 7.60 Å². The highest BCUT2D eigenvalue weighted by Gasteiger charge is 2.25. The third-order valence-corrected chi connectivity index (χ3v) is 4.18. The minimum absolute atomic E-state index is 0.334. The molecule has 1 rings (SSSR count). The number of hydrogen-bond acceptors (Lipinski definition) is 2. The van der Waals surface area contributed by atoms with Crippen LogP contribution in [0.2, 0.25) is 0 Å². The van der Waals surface area contributed by atoms with Gasteiger partial charge in [-0.05, 0) is 25.7 Å². The first-order valence-corrected chi connectivity index (χ1v) is 6.86. The summed E-state index contributed by atoms with van der Waals surface area (Å²) in [5.41, 5.74) is 0. The molecule has 1 unspecified atom stereocenters. The van der Waals surface area contributed by atoms with Crippen LogP contribution < -0.4 is 0 Å². The van der Waals surface area contributed by atoms with E-state index in [0.29, 0.717) is 18.7 Å². The third kappa shape index (κ3) is 4.26. The van der Waals surface area contributed by atoms with Gasteiger partial charge in [0.15, 0.2) is 0 Å². The average molecular weight is 206 g/mol. The molecule has 1 fully saturated rings. The van der Waals surface area contributed by atoms with E-state index in [9.17, 15) is 9.46 Å². The average Bonchev–Trinajstić information content (AvgIpc) is 2.04. The molecule has 0 heterocycles. The summed E-state index contributed by atoms with van der Waals surface area (Å²) in [6, 6.07) is 0. The molecule has 78 valence electrons. The van der Waals surface area contributed by atoms with Crippen molar-refractivity contribution in [2.75, 3.05) is 12.8 Å². The van der Waals surface area contributed by atoms with Gasteiger partial charge in [-0.2, -0.15) is 0 Å². The molecule has 1 saturated carbocycles. The fourth-order valence-electron chi connectivity index (χ4n) is 1.95. The second-order valence-corrected chi connectivity index (χ2v) is 5.64. The van der Waals surface area contributed by atoms with Gasteiger partial charge in [-0.1, -0.05) is 19.3 Å². The molecule has 3 nitrogen and oxygen atoms in total. The van der Waals surface area contributed by atoms with Gasteiger partial charge in [0, 0.05) is 0 Å². The Kier molecular flexibility index (Phi) is 4.43. The maximum absolute atomic E-state index is 11.4. The van der Waals surface area contributed by atoms with E-state index < -0.39 is 7.60 Å². The van der Waals surface area contributed by atoms with E-state index in [2.05, 4.69) is 0 Å². The Balaban J connectivity index is 2.32. The SMILES string of the molecule is CCOP(=O)(O)CC1CCCCC1. The highest BCUT2D eigenvalue weighted by Crippen LogP contribution is 2.46. The van der Waals surface area contributed by atoms with Crippen LogP contribution in [0.4, 0.5) is 0 Å². The summed E-state index contributed by atoms with van der Waals surface area (Å²) >= 11 is 0. The van der Waals surface area contributed by atoms with Crippen molar-refractivity contribution in [1.29, 1.82) is 0 Å². The Morgan fingerprint density at radius 1 is 1.38 bits per heavy atom. The largest absolute Gasteiger partial charge is 0.328 e. The summed E-state index contributed by atoms with van der Waals surface area (Å²) in [7, 11) is -3.26. The normalized spacial score (nSPS) is 24.2. The van der Waals surface area contributed by atoms with Gasteiger partial charge in [-0.25, -0.2) is 0 Å². The molecular weight excluding hydrogens is 187 g/mol. The van der Waals surface area contributed by atoms with Gasteiger partial charge in [-0.3, -0.25) is 4.57 Å². The van der Waals surface area contributed by atoms with E-state index >= 15 is 0 Å². The van der Waals surface area contributed by atoms with Crippen LogP contribution in [-0.4, -0.2) is 17.7 Å². The zero-order chi connectivity index (χ0) is 9.73. The van der Waals surface area contributed by atoms with Crippen LogP contribution in [0.3, 0.4) is 0 Å². The smallest absolute Gasteiger partial charge is 0.324 e. The summed E-state index contributed by atoms with van der Waals surface area (Å²) in [5.74, 6) is 0.413. The van der Waals surface area contributed by atoms with Crippen LogP contribution >= 0.6 is 7.60 Å². The third-order valence-electron chi connectivity index (χ3n) is 2.54. The first-order chi connectivity index (χ1) is 6.14. The van der Waals surface area contributed by atoms with E-state index in [0.717, 1.165) is 12.8 Å². The molecule has 0 bridgehead atoms. The standard InChI is InChI=1S/C9H19O3P/c1-2-12-13(10,11)8-9-6-4-3-5-7-9/h9H,2-8H2,1H3,(H,10,11). The predicted molar refractivity (Wildman–Crippen MR) is 52.9 cm³/mol. The van der Waals surface area contributed by atoms with Crippen molar-refractivity contribution >= 4 is 7.60 Å². The summed E-state index contributed by atoms with van der Waals surface area (Å²) in [6.07, 6.45) is 6.24. The Labute approximate surface area is 80.0 Å². The van der Waals surface area contributed by atoms with E-state index in [4.69, 9.17) is 4.52 Å². The lowest BCUT2D eigenvalue weighted by Gasteiger charge is -2.23. The Morgan fingerprint density at radius 3 is 2.54 bits per heavy atom. The zero-order valence-corrected chi connectivity index (χ0v) is 9.13. The van der Waals surface area contributed by atoms with Crippen LogP contribution in [0.25, 0.3) is 0 Å². The van der Waals surface area contributed by atoms with Crippen molar-refractivity contribution in [2.45, 2.75) is 39.0 Å². The van der Waals surface area contributed by atoms with Crippen LogP contribution in [-0.2, 0) is 9.09 Å². The Hall–Kier alpha value is 0.150. The molecule has 0 radical (unpaired) electrons. The second kappa shape index (κ2) is 5.14. The van der Waals surface area contributed by atoms with Crippen molar-refractivity contribution < 1.29 is 14.0 Å². The van der Waals surface area contributed by atoms with Crippen molar-refractivity contribution in [3.63, 3.8) is 0 Å². The molecule has 0 aromatic heterocycles. The summed E-state index contributed by atoms with van der Waals surface area (Å²) in [5, 5.41) is 0. The lowest BCUT2D eigenvalue weighted by molar-refractivity contribution is 0.261. The van der Waals surface area contributed by atoms with Gasteiger partial charge in [0.25, 0.3) is 0 Å². The van der Waals surface area contributed by atoms with Crippen molar-refractivity contribution in [2.24, 2.45) is 5.92 Å². The summed E-state index contributed by atoms with van der Waals surface area (Å²) < 4.78 is 16.3. The maximum Gasteiger partial charge on any atom is 0.328 e. The van der Waals surface area contributed by atoms with Crippen LogP contribution in [0.5, 0.6) is 0 Å². The summed E-state index contributed by atoms with van der Waals surface area (Å²) in [4.78, 5) is 9.40. The lowest BCUT2D eigenvalue weighted by Crippen LogP contribution is -2.12. The minimum Gasteiger partial charge on any atom is -0.324 e.